The standard InChI is InChI=1S/C23H36N2O/c1-3-4-5-6-20-7-11-22(12-8-20)24-15-17-25(18-16-24)23-13-9-21(10-14-23)19(2)26/h9-10,13-14,20,22H,3-8,11-12,15-18H2,1-2H3. The van der Waals surface area contributed by atoms with Gasteiger partial charge in [0.2, 0.25) is 0 Å². The zero-order chi connectivity index (χ0) is 18.4. The topological polar surface area (TPSA) is 23.6 Å². The van der Waals surface area contributed by atoms with E-state index in [-0.39, 0.29) is 5.78 Å². The SMILES string of the molecule is CCCCCC1CCC(N2CCN(c3ccc(C(C)=O)cc3)CC2)CC1. The van der Waals surface area contributed by atoms with Crippen LogP contribution in [0.1, 0.15) is 75.6 Å². The highest BCUT2D eigenvalue weighted by molar-refractivity contribution is 5.94. The molecule has 2 fully saturated rings. The smallest absolute Gasteiger partial charge is 0.159 e. The van der Waals surface area contributed by atoms with Crippen LogP contribution in [-0.2, 0) is 0 Å². The van der Waals surface area contributed by atoms with Gasteiger partial charge in [-0.1, -0.05) is 32.6 Å². The number of Topliss-reactive ketones (excluding diaryl/α,β-unsaturated/α-hetero) is 1. The number of benzene rings is 1. The predicted molar refractivity (Wildman–Crippen MR) is 110 cm³/mol. The lowest BCUT2D eigenvalue weighted by Crippen LogP contribution is -2.51. The van der Waals surface area contributed by atoms with Crippen LogP contribution in [0.4, 0.5) is 5.69 Å². The molecule has 1 aromatic carbocycles. The first-order chi connectivity index (χ1) is 12.7. The molecule has 1 aliphatic carbocycles. The van der Waals surface area contributed by atoms with E-state index >= 15 is 0 Å². The first kappa shape index (κ1) is 19.4. The fourth-order valence-corrected chi connectivity index (χ4v) is 4.73. The lowest BCUT2D eigenvalue weighted by molar-refractivity contribution is 0.101. The molecule has 0 aromatic heterocycles. The van der Waals surface area contributed by atoms with E-state index < -0.39 is 0 Å². The van der Waals surface area contributed by atoms with Crippen LogP contribution in [0.3, 0.4) is 0 Å². The van der Waals surface area contributed by atoms with E-state index in [1.807, 2.05) is 12.1 Å². The van der Waals surface area contributed by atoms with Gasteiger partial charge in [-0.15, -0.1) is 0 Å². The average Bonchev–Trinajstić information content (AvgIpc) is 2.69. The summed E-state index contributed by atoms with van der Waals surface area (Å²) in [5.41, 5.74) is 2.07. The van der Waals surface area contributed by atoms with Crippen LogP contribution in [0.5, 0.6) is 0 Å². The van der Waals surface area contributed by atoms with Gasteiger partial charge in [0.15, 0.2) is 5.78 Å². The number of piperazine rings is 1. The Morgan fingerprint density at radius 2 is 1.62 bits per heavy atom. The van der Waals surface area contributed by atoms with Crippen molar-refractivity contribution in [1.82, 2.24) is 4.90 Å². The number of ketones is 1. The quantitative estimate of drug-likeness (QED) is 0.498. The van der Waals surface area contributed by atoms with Gasteiger partial charge in [-0.25, -0.2) is 0 Å². The van der Waals surface area contributed by atoms with E-state index in [0.29, 0.717) is 0 Å². The molecule has 1 aromatic rings. The molecule has 26 heavy (non-hydrogen) atoms. The molecule has 0 spiro atoms. The average molecular weight is 357 g/mol. The van der Waals surface area contributed by atoms with Crippen molar-refractivity contribution < 1.29 is 4.79 Å². The van der Waals surface area contributed by atoms with Crippen LogP contribution in [0.15, 0.2) is 24.3 Å². The van der Waals surface area contributed by atoms with Crippen molar-refractivity contribution in [2.45, 2.75) is 71.3 Å². The molecule has 144 valence electrons. The summed E-state index contributed by atoms with van der Waals surface area (Å²) in [4.78, 5) is 16.6. The predicted octanol–water partition coefficient (Wildman–Crippen LogP) is 5.15. The summed E-state index contributed by atoms with van der Waals surface area (Å²) in [5, 5.41) is 0. The fourth-order valence-electron chi connectivity index (χ4n) is 4.73. The van der Waals surface area contributed by atoms with Crippen molar-refractivity contribution >= 4 is 11.5 Å². The van der Waals surface area contributed by atoms with Crippen molar-refractivity contribution in [2.24, 2.45) is 5.92 Å². The molecule has 1 aliphatic heterocycles. The van der Waals surface area contributed by atoms with E-state index in [4.69, 9.17) is 0 Å². The maximum atomic E-state index is 11.4. The fraction of sp³-hybridized carbons (Fsp3) is 0.696. The number of rotatable bonds is 7. The van der Waals surface area contributed by atoms with Gasteiger partial charge in [0.1, 0.15) is 0 Å². The number of unbranched alkanes of at least 4 members (excludes halogenated alkanes) is 2. The van der Waals surface area contributed by atoms with Gasteiger partial charge in [0, 0.05) is 43.5 Å². The zero-order valence-corrected chi connectivity index (χ0v) is 16.8. The van der Waals surface area contributed by atoms with Gasteiger partial charge in [-0.2, -0.15) is 0 Å². The first-order valence-electron chi connectivity index (χ1n) is 10.8. The Morgan fingerprint density at radius 1 is 0.962 bits per heavy atom. The molecule has 2 aliphatic rings. The van der Waals surface area contributed by atoms with Crippen molar-refractivity contribution in [3.63, 3.8) is 0 Å². The Morgan fingerprint density at radius 3 is 2.19 bits per heavy atom. The number of nitrogens with zero attached hydrogens (tertiary/aromatic N) is 2. The second kappa shape index (κ2) is 9.55. The Bertz CT molecular complexity index is 552. The van der Waals surface area contributed by atoms with Crippen molar-refractivity contribution in [1.29, 1.82) is 0 Å². The molecule has 1 heterocycles. The van der Waals surface area contributed by atoms with Gasteiger partial charge in [-0.3, -0.25) is 9.69 Å². The van der Waals surface area contributed by atoms with Crippen molar-refractivity contribution in [3.8, 4) is 0 Å². The number of hydrogen-bond donors (Lipinski definition) is 0. The number of carbonyl (C=O) groups is 1. The van der Waals surface area contributed by atoms with Gasteiger partial charge >= 0.3 is 0 Å². The number of anilines is 1. The van der Waals surface area contributed by atoms with E-state index in [0.717, 1.165) is 30.6 Å². The van der Waals surface area contributed by atoms with Crippen molar-refractivity contribution in [2.75, 3.05) is 31.1 Å². The molecule has 1 saturated carbocycles. The lowest BCUT2D eigenvalue weighted by Gasteiger charge is -2.42. The summed E-state index contributed by atoms with van der Waals surface area (Å²) in [5.74, 6) is 1.14. The minimum absolute atomic E-state index is 0.145. The van der Waals surface area contributed by atoms with Crippen LogP contribution < -0.4 is 4.90 Å². The molecular weight excluding hydrogens is 320 g/mol. The normalized spacial score (nSPS) is 24.6. The summed E-state index contributed by atoms with van der Waals surface area (Å²) >= 11 is 0. The second-order valence-corrected chi connectivity index (χ2v) is 8.30. The summed E-state index contributed by atoms with van der Waals surface area (Å²) in [6.45, 7) is 8.51. The van der Waals surface area contributed by atoms with Crippen LogP contribution >= 0.6 is 0 Å². The van der Waals surface area contributed by atoms with Crippen LogP contribution in [0, 0.1) is 5.92 Å². The summed E-state index contributed by atoms with van der Waals surface area (Å²) in [7, 11) is 0. The van der Waals surface area contributed by atoms with E-state index in [9.17, 15) is 4.79 Å². The Hall–Kier alpha value is -1.35. The van der Waals surface area contributed by atoms with E-state index in [1.54, 1.807) is 6.92 Å². The molecule has 3 heteroatoms. The highest BCUT2D eigenvalue weighted by Crippen LogP contribution is 2.31. The molecule has 3 rings (SSSR count). The summed E-state index contributed by atoms with van der Waals surface area (Å²) < 4.78 is 0. The first-order valence-corrected chi connectivity index (χ1v) is 10.8. The third-order valence-corrected chi connectivity index (χ3v) is 6.50. The molecule has 1 saturated heterocycles. The maximum absolute atomic E-state index is 11.4. The van der Waals surface area contributed by atoms with Gasteiger partial charge < -0.3 is 4.90 Å². The Labute approximate surface area is 159 Å². The Kier molecular flexibility index (Phi) is 7.13. The molecular formula is C23H36N2O. The monoisotopic (exact) mass is 356 g/mol. The molecule has 3 nitrogen and oxygen atoms in total. The minimum Gasteiger partial charge on any atom is -0.369 e. The highest BCUT2D eigenvalue weighted by atomic mass is 16.1. The number of hydrogen-bond acceptors (Lipinski definition) is 3. The molecule has 0 N–H and O–H groups in total. The lowest BCUT2D eigenvalue weighted by atomic mass is 9.82. The largest absolute Gasteiger partial charge is 0.369 e. The van der Waals surface area contributed by atoms with Gasteiger partial charge in [0.05, 0.1) is 0 Å². The van der Waals surface area contributed by atoms with E-state index in [1.165, 1.54) is 70.1 Å². The molecule has 0 radical (unpaired) electrons. The highest BCUT2D eigenvalue weighted by Gasteiger charge is 2.28. The van der Waals surface area contributed by atoms with Crippen molar-refractivity contribution in [3.05, 3.63) is 29.8 Å². The van der Waals surface area contributed by atoms with Gasteiger partial charge in [0.25, 0.3) is 0 Å². The molecule has 0 amide bonds. The van der Waals surface area contributed by atoms with E-state index in [2.05, 4.69) is 28.9 Å². The maximum Gasteiger partial charge on any atom is 0.159 e. The third-order valence-electron chi connectivity index (χ3n) is 6.50. The van der Waals surface area contributed by atoms with Gasteiger partial charge in [-0.05, 0) is 62.8 Å². The van der Waals surface area contributed by atoms with Crippen LogP contribution in [-0.4, -0.2) is 42.9 Å². The number of carbonyl (C=O) groups excluding carboxylic acids is 1. The minimum atomic E-state index is 0.145. The second-order valence-electron chi connectivity index (χ2n) is 8.30. The molecule has 0 atom stereocenters. The third kappa shape index (κ3) is 5.09. The van der Waals surface area contributed by atoms with Crippen LogP contribution in [0.25, 0.3) is 0 Å². The summed E-state index contributed by atoms with van der Waals surface area (Å²) in [6, 6.07) is 8.95. The molecule has 0 unspecified atom stereocenters. The zero-order valence-electron chi connectivity index (χ0n) is 16.8. The van der Waals surface area contributed by atoms with Crippen LogP contribution in [0.2, 0.25) is 0 Å². The Balaban J connectivity index is 1.42. The molecule has 0 bridgehead atoms. The summed E-state index contributed by atoms with van der Waals surface area (Å²) in [6.07, 6.45) is 11.4.